The van der Waals surface area contributed by atoms with E-state index in [0.29, 0.717) is 15.7 Å². The van der Waals surface area contributed by atoms with Crippen LogP contribution in [0, 0.1) is 0 Å². The van der Waals surface area contributed by atoms with Crippen LogP contribution in [0.15, 0.2) is 33.3 Å². The maximum Gasteiger partial charge on any atom is 0.374 e. The molecule has 0 aliphatic heterocycles. The predicted octanol–water partition coefficient (Wildman–Crippen LogP) is 2.51. The summed E-state index contributed by atoms with van der Waals surface area (Å²) < 4.78 is 5.13. The van der Waals surface area contributed by atoms with E-state index in [0.717, 1.165) is 0 Å². The SMILES string of the molecule is O=C(O)c1cc(-c2ccc(O)c(Br)c2)no1. The summed E-state index contributed by atoms with van der Waals surface area (Å²) in [5.41, 5.74) is 1.05. The number of carbonyl (C=O) groups is 1. The number of nitrogens with zero attached hydrogens (tertiary/aromatic N) is 1. The Hall–Kier alpha value is -1.82. The zero-order chi connectivity index (χ0) is 11.7. The number of aromatic carboxylic acids is 1. The molecule has 0 radical (unpaired) electrons. The maximum atomic E-state index is 10.6. The number of phenolic OH excluding ortho intramolecular Hbond substituents is 1. The number of phenols is 1. The van der Waals surface area contributed by atoms with Gasteiger partial charge in [-0.25, -0.2) is 4.79 Å². The minimum absolute atomic E-state index is 0.103. The van der Waals surface area contributed by atoms with Gasteiger partial charge in [-0.15, -0.1) is 0 Å². The molecule has 0 spiro atoms. The molecule has 0 aliphatic rings. The molecule has 5 nitrogen and oxygen atoms in total. The number of rotatable bonds is 2. The van der Waals surface area contributed by atoms with Gasteiger partial charge in [0.05, 0.1) is 4.47 Å². The first kappa shape index (κ1) is 10.7. The molecule has 0 bridgehead atoms. The van der Waals surface area contributed by atoms with Crippen molar-refractivity contribution in [1.82, 2.24) is 5.16 Å². The van der Waals surface area contributed by atoms with E-state index in [-0.39, 0.29) is 11.5 Å². The smallest absolute Gasteiger partial charge is 0.374 e. The Morgan fingerprint density at radius 2 is 2.12 bits per heavy atom. The monoisotopic (exact) mass is 283 g/mol. The highest BCUT2D eigenvalue weighted by atomic mass is 79.9. The molecule has 0 aliphatic carbocycles. The molecule has 82 valence electrons. The molecule has 0 unspecified atom stereocenters. The fourth-order valence-electron chi connectivity index (χ4n) is 1.18. The Morgan fingerprint density at radius 1 is 1.38 bits per heavy atom. The van der Waals surface area contributed by atoms with Crippen molar-refractivity contribution in [2.24, 2.45) is 0 Å². The molecule has 1 aromatic heterocycles. The molecule has 16 heavy (non-hydrogen) atoms. The van der Waals surface area contributed by atoms with Crippen molar-refractivity contribution in [1.29, 1.82) is 0 Å². The molecular weight excluding hydrogens is 278 g/mol. The van der Waals surface area contributed by atoms with Crippen LogP contribution in [0.1, 0.15) is 10.6 Å². The number of aromatic nitrogens is 1. The fraction of sp³-hybridized carbons (Fsp3) is 0. The molecule has 0 fully saturated rings. The van der Waals surface area contributed by atoms with Crippen molar-refractivity contribution in [3.63, 3.8) is 0 Å². The molecule has 2 N–H and O–H groups in total. The van der Waals surface area contributed by atoms with E-state index in [4.69, 9.17) is 5.11 Å². The zero-order valence-corrected chi connectivity index (χ0v) is 9.43. The third kappa shape index (κ3) is 1.92. The molecule has 0 atom stereocenters. The highest BCUT2D eigenvalue weighted by Gasteiger charge is 2.12. The highest BCUT2D eigenvalue weighted by molar-refractivity contribution is 9.10. The number of aromatic hydroxyl groups is 1. The first-order valence-electron chi connectivity index (χ1n) is 4.27. The third-order valence-corrected chi connectivity index (χ3v) is 2.60. The Labute approximate surface area is 98.4 Å². The van der Waals surface area contributed by atoms with Crippen LogP contribution in [-0.4, -0.2) is 21.3 Å². The van der Waals surface area contributed by atoms with Crippen LogP contribution in [0.3, 0.4) is 0 Å². The summed E-state index contributed by atoms with van der Waals surface area (Å²) in [6.07, 6.45) is 0. The summed E-state index contributed by atoms with van der Waals surface area (Å²) >= 11 is 3.15. The fourth-order valence-corrected chi connectivity index (χ4v) is 1.56. The number of halogens is 1. The van der Waals surface area contributed by atoms with E-state index in [9.17, 15) is 9.90 Å². The highest BCUT2D eigenvalue weighted by Crippen LogP contribution is 2.29. The van der Waals surface area contributed by atoms with E-state index in [1.54, 1.807) is 12.1 Å². The van der Waals surface area contributed by atoms with Crippen LogP contribution >= 0.6 is 15.9 Å². The number of benzene rings is 1. The number of hydrogen-bond acceptors (Lipinski definition) is 4. The second kappa shape index (κ2) is 3.97. The van der Waals surface area contributed by atoms with Gasteiger partial charge in [0.2, 0.25) is 5.76 Å². The maximum absolute atomic E-state index is 10.6. The Morgan fingerprint density at radius 3 is 2.69 bits per heavy atom. The van der Waals surface area contributed by atoms with Crippen LogP contribution < -0.4 is 0 Å². The second-order valence-electron chi connectivity index (χ2n) is 3.05. The van der Waals surface area contributed by atoms with Gasteiger partial charge in [-0.2, -0.15) is 0 Å². The first-order chi connectivity index (χ1) is 7.58. The summed E-state index contributed by atoms with van der Waals surface area (Å²) in [7, 11) is 0. The van der Waals surface area contributed by atoms with Crippen molar-refractivity contribution >= 4 is 21.9 Å². The standard InChI is InChI=1S/C10H6BrNO4/c11-6-3-5(1-2-8(6)13)7-4-9(10(14)15)16-12-7/h1-4,13H,(H,14,15). The number of hydrogen-bond donors (Lipinski definition) is 2. The second-order valence-corrected chi connectivity index (χ2v) is 3.90. The van der Waals surface area contributed by atoms with Gasteiger partial charge in [-0.1, -0.05) is 5.16 Å². The van der Waals surface area contributed by atoms with Crippen molar-refractivity contribution in [3.05, 3.63) is 34.5 Å². The van der Waals surface area contributed by atoms with Crippen molar-refractivity contribution < 1.29 is 19.5 Å². The number of carboxylic acids is 1. The topological polar surface area (TPSA) is 83.6 Å². The lowest BCUT2D eigenvalue weighted by molar-refractivity contribution is 0.0652. The molecule has 2 rings (SSSR count). The van der Waals surface area contributed by atoms with Crippen molar-refractivity contribution in [2.45, 2.75) is 0 Å². The Bertz CT molecular complexity index is 550. The van der Waals surface area contributed by atoms with Gasteiger partial charge in [0.1, 0.15) is 11.4 Å². The minimum Gasteiger partial charge on any atom is -0.507 e. The third-order valence-electron chi connectivity index (χ3n) is 1.96. The molecule has 6 heteroatoms. The minimum atomic E-state index is -1.17. The lowest BCUT2D eigenvalue weighted by Gasteiger charge is -1.98. The number of carboxylic acid groups (broad SMARTS) is 1. The van der Waals surface area contributed by atoms with Gasteiger partial charge in [0.15, 0.2) is 0 Å². The van der Waals surface area contributed by atoms with Crippen molar-refractivity contribution in [3.8, 4) is 17.0 Å². The normalized spacial score (nSPS) is 10.3. The lowest BCUT2D eigenvalue weighted by Crippen LogP contribution is -1.91. The van der Waals surface area contributed by atoms with E-state index < -0.39 is 5.97 Å². The van der Waals surface area contributed by atoms with Crippen LogP contribution in [0.4, 0.5) is 0 Å². The van der Waals surface area contributed by atoms with E-state index in [1.165, 1.54) is 12.1 Å². The van der Waals surface area contributed by atoms with E-state index >= 15 is 0 Å². The summed E-state index contributed by atoms with van der Waals surface area (Å²) in [5.74, 6) is -1.29. The Balaban J connectivity index is 2.42. The summed E-state index contributed by atoms with van der Waals surface area (Å²) in [5, 5.41) is 21.6. The van der Waals surface area contributed by atoms with Crippen LogP contribution in [-0.2, 0) is 0 Å². The van der Waals surface area contributed by atoms with Crippen molar-refractivity contribution in [2.75, 3.05) is 0 Å². The molecule has 0 saturated carbocycles. The quantitative estimate of drug-likeness (QED) is 0.885. The molecule has 0 amide bonds. The average Bonchev–Trinajstić information content (AvgIpc) is 2.71. The molecule has 0 saturated heterocycles. The van der Waals surface area contributed by atoms with Gasteiger partial charge in [0, 0.05) is 11.6 Å². The molecule has 2 aromatic rings. The lowest BCUT2D eigenvalue weighted by atomic mass is 10.1. The van der Waals surface area contributed by atoms with Gasteiger partial charge >= 0.3 is 5.97 Å². The average molecular weight is 284 g/mol. The molecule has 1 heterocycles. The van der Waals surface area contributed by atoms with Gasteiger partial charge < -0.3 is 14.7 Å². The summed E-state index contributed by atoms with van der Waals surface area (Å²) in [4.78, 5) is 10.6. The van der Waals surface area contributed by atoms with Crippen LogP contribution in [0.5, 0.6) is 5.75 Å². The van der Waals surface area contributed by atoms with Crippen LogP contribution in [0.2, 0.25) is 0 Å². The predicted molar refractivity (Wildman–Crippen MR) is 58.3 cm³/mol. The van der Waals surface area contributed by atoms with Gasteiger partial charge in [-0.05, 0) is 34.1 Å². The molecule has 1 aromatic carbocycles. The largest absolute Gasteiger partial charge is 0.507 e. The summed E-state index contributed by atoms with van der Waals surface area (Å²) in [6.45, 7) is 0. The van der Waals surface area contributed by atoms with E-state index in [2.05, 4.69) is 25.6 Å². The first-order valence-corrected chi connectivity index (χ1v) is 5.06. The van der Waals surface area contributed by atoms with Gasteiger partial charge in [0.25, 0.3) is 0 Å². The Kier molecular flexibility index (Phi) is 2.66. The zero-order valence-electron chi connectivity index (χ0n) is 7.85. The molecular formula is C10H6BrNO4. The van der Waals surface area contributed by atoms with Crippen LogP contribution in [0.25, 0.3) is 11.3 Å². The van der Waals surface area contributed by atoms with E-state index in [1.807, 2.05) is 0 Å². The summed E-state index contributed by atoms with van der Waals surface area (Å²) in [6, 6.07) is 6.04. The van der Waals surface area contributed by atoms with Gasteiger partial charge in [-0.3, -0.25) is 0 Å².